The smallest absolute Gasteiger partial charge is 0.0767 e. The van der Waals surface area contributed by atoms with Gasteiger partial charge in [-0.05, 0) is 12.5 Å². The lowest BCUT2D eigenvalue weighted by atomic mass is 10.1. The highest BCUT2D eigenvalue weighted by Crippen LogP contribution is 2.22. The van der Waals surface area contributed by atoms with Crippen LogP contribution in [0, 0.1) is 0 Å². The van der Waals surface area contributed by atoms with Gasteiger partial charge >= 0.3 is 0 Å². The van der Waals surface area contributed by atoms with Gasteiger partial charge in [0.05, 0.1) is 5.38 Å². The van der Waals surface area contributed by atoms with Crippen LogP contribution in [0.3, 0.4) is 0 Å². The molecule has 0 aromatic carbocycles. The van der Waals surface area contributed by atoms with Crippen LogP contribution in [-0.4, -0.2) is 12.4 Å². The molecule has 1 aliphatic rings. The third-order valence-corrected chi connectivity index (χ3v) is 2.12. The van der Waals surface area contributed by atoms with Crippen LogP contribution in [-0.2, 0) is 0 Å². The summed E-state index contributed by atoms with van der Waals surface area (Å²) in [4.78, 5) is 0. The van der Waals surface area contributed by atoms with Gasteiger partial charge < -0.3 is 5.32 Å². The summed E-state index contributed by atoms with van der Waals surface area (Å²) in [7, 11) is 1.84. The molecule has 56 valence electrons. The average Bonchev–Trinajstić information content (AvgIpc) is 1.94. The van der Waals surface area contributed by atoms with Crippen molar-refractivity contribution < 1.29 is 0 Å². The van der Waals surface area contributed by atoms with Crippen LogP contribution in [0.5, 0.6) is 0 Å². The minimum absolute atomic E-state index is 0.0625. The predicted octanol–water partition coefficient (Wildman–Crippen LogP) is 2.22. The van der Waals surface area contributed by atoms with Crippen molar-refractivity contribution in [3.63, 3.8) is 0 Å². The molecule has 1 nitrogen and oxygen atoms in total. The second kappa shape index (κ2) is 3.31. The highest BCUT2D eigenvalue weighted by atomic mass is 35.5. The van der Waals surface area contributed by atoms with E-state index in [1.807, 2.05) is 19.2 Å². The van der Waals surface area contributed by atoms with Crippen molar-refractivity contribution in [1.29, 1.82) is 0 Å². The molecule has 0 heterocycles. The van der Waals surface area contributed by atoms with E-state index in [0.29, 0.717) is 0 Å². The Labute approximate surface area is 70.7 Å². The van der Waals surface area contributed by atoms with Gasteiger partial charge in [0.1, 0.15) is 0 Å². The minimum Gasteiger partial charge on any atom is -0.390 e. The highest BCUT2D eigenvalue weighted by molar-refractivity contribution is 6.32. The molecule has 0 bridgehead atoms. The normalized spacial score (nSPS) is 25.3. The number of hydrogen-bond donors (Lipinski definition) is 1. The SMILES string of the molecule is CNC1=CC(Cl)=CCC1Cl. The van der Waals surface area contributed by atoms with Crippen LogP contribution < -0.4 is 5.32 Å². The van der Waals surface area contributed by atoms with Crippen LogP contribution in [0.15, 0.2) is 22.9 Å². The van der Waals surface area contributed by atoms with E-state index in [-0.39, 0.29) is 5.38 Å². The lowest BCUT2D eigenvalue weighted by Gasteiger charge is -2.15. The van der Waals surface area contributed by atoms with Crippen molar-refractivity contribution in [3.05, 3.63) is 22.9 Å². The molecule has 0 spiro atoms. The Morgan fingerprint density at radius 2 is 2.40 bits per heavy atom. The Hall–Kier alpha value is -0.140. The maximum atomic E-state index is 5.91. The summed E-state index contributed by atoms with van der Waals surface area (Å²) in [5, 5.41) is 3.82. The zero-order valence-corrected chi connectivity index (χ0v) is 7.21. The maximum Gasteiger partial charge on any atom is 0.0767 e. The molecule has 1 unspecified atom stereocenters. The van der Waals surface area contributed by atoms with Gasteiger partial charge in [-0.1, -0.05) is 17.7 Å². The maximum absolute atomic E-state index is 5.91. The van der Waals surface area contributed by atoms with Crippen LogP contribution in [0.4, 0.5) is 0 Å². The van der Waals surface area contributed by atoms with E-state index in [2.05, 4.69) is 5.32 Å². The molecule has 0 saturated carbocycles. The fraction of sp³-hybridized carbons (Fsp3) is 0.429. The number of allylic oxidation sites excluding steroid dienone is 4. The van der Waals surface area contributed by atoms with Crippen LogP contribution in [0.2, 0.25) is 0 Å². The quantitative estimate of drug-likeness (QED) is 0.607. The summed E-state index contributed by atoms with van der Waals surface area (Å²) < 4.78 is 0. The summed E-state index contributed by atoms with van der Waals surface area (Å²) in [5.74, 6) is 0. The minimum atomic E-state index is 0.0625. The lowest BCUT2D eigenvalue weighted by Crippen LogP contribution is -2.17. The molecule has 0 fully saturated rings. The molecular formula is C7H9Cl2N. The first-order valence-electron chi connectivity index (χ1n) is 3.13. The van der Waals surface area contributed by atoms with E-state index in [1.165, 1.54) is 0 Å². The molecule has 0 saturated heterocycles. The Kier molecular flexibility index (Phi) is 2.64. The molecule has 0 aromatic rings. The first-order chi connectivity index (χ1) is 4.74. The van der Waals surface area contributed by atoms with Gasteiger partial charge in [-0.25, -0.2) is 0 Å². The second-order valence-corrected chi connectivity index (χ2v) is 3.11. The van der Waals surface area contributed by atoms with Gasteiger partial charge in [0, 0.05) is 17.8 Å². The second-order valence-electron chi connectivity index (χ2n) is 2.14. The van der Waals surface area contributed by atoms with Gasteiger partial charge in [0.25, 0.3) is 0 Å². The Morgan fingerprint density at radius 1 is 1.70 bits per heavy atom. The first-order valence-corrected chi connectivity index (χ1v) is 3.94. The zero-order valence-electron chi connectivity index (χ0n) is 5.70. The highest BCUT2D eigenvalue weighted by Gasteiger charge is 2.12. The van der Waals surface area contributed by atoms with E-state index < -0.39 is 0 Å². The lowest BCUT2D eigenvalue weighted by molar-refractivity contribution is 0.846. The standard InChI is InChI=1S/C7H9Cl2N/c1-10-7-4-5(8)2-3-6(7)9/h2,4,6,10H,3H2,1H3. The van der Waals surface area contributed by atoms with Crippen molar-refractivity contribution in [2.45, 2.75) is 11.8 Å². The van der Waals surface area contributed by atoms with E-state index >= 15 is 0 Å². The summed E-state index contributed by atoms with van der Waals surface area (Å²) in [6, 6.07) is 0. The monoisotopic (exact) mass is 177 g/mol. The van der Waals surface area contributed by atoms with Crippen molar-refractivity contribution in [2.75, 3.05) is 7.05 Å². The molecule has 0 radical (unpaired) electrons. The topological polar surface area (TPSA) is 12.0 Å². The fourth-order valence-corrected chi connectivity index (χ4v) is 1.34. The van der Waals surface area contributed by atoms with E-state index in [0.717, 1.165) is 17.2 Å². The third-order valence-electron chi connectivity index (χ3n) is 1.44. The van der Waals surface area contributed by atoms with Crippen molar-refractivity contribution >= 4 is 23.2 Å². The summed E-state index contributed by atoms with van der Waals surface area (Å²) in [6.07, 6.45) is 4.58. The first kappa shape index (κ1) is 7.96. The van der Waals surface area contributed by atoms with Crippen molar-refractivity contribution in [3.8, 4) is 0 Å². The number of halogens is 2. The van der Waals surface area contributed by atoms with Gasteiger partial charge in [-0.15, -0.1) is 11.6 Å². The van der Waals surface area contributed by atoms with E-state index in [1.54, 1.807) is 0 Å². The van der Waals surface area contributed by atoms with Gasteiger partial charge in [0.15, 0.2) is 0 Å². The predicted molar refractivity (Wildman–Crippen MR) is 45.3 cm³/mol. The number of hydrogen-bond acceptors (Lipinski definition) is 1. The average molecular weight is 178 g/mol. The Balaban J connectivity index is 2.73. The molecule has 10 heavy (non-hydrogen) atoms. The third kappa shape index (κ3) is 1.68. The number of alkyl halides is 1. The summed E-state index contributed by atoms with van der Waals surface area (Å²) in [6.45, 7) is 0. The summed E-state index contributed by atoms with van der Waals surface area (Å²) in [5.41, 5.74) is 0.995. The van der Waals surface area contributed by atoms with E-state index in [9.17, 15) is 0 Å². The Bertz CT molecular complexity index is 184. The molecule has 1 rings (SSSR count). The summed E-state index contributed by atoms with van der Waals surface area (Å²) >= 11 is 11.7. The molecular weight excluding hydrogens is 169 g/mol. The van der Waals surface area contributed by atoms with Crippen molar-refractivity contribution in [1.82, 2.24) is 5.32 Å². The molecule has 0 aliphatic heterocycles. The molecule has 1 N–H and O–H groups in total. The van der Waals surface area contributed by atoms with Crippen LogP contribution in [0.25, 0.3) is 0 Å². The van der Waals surface area contributed by atoms with E-state index in [4.69, 9.17) is 23.2 Å². The number of nitrogens with one attached hydrogen (secondary N) is 1. The largest absolute Gasteiger partial charge is 0.390 e. The molecule has 0 aromatic heterocycles. The molecule has 1 atom stereocenters. The van der Waals surface area contributed by atoms with Gasteiger partial charge in [0.2, 0.25) is 0 Å². The molecule has 3 heteroatoms. The van der Waals surface area contributed by atoms with Crippen molar-refractivity contribution in [2.24, 2.45) is 0 Å². The Morgan fingerprint density at radius 3 is 2.90 bits per heavy atom. The van der Waals surface area contributed by atoms with Crippen LogP contribution in [0.1, 0.15) is 6.42 Å². The fourth-order valence-electron chi connectivity index (χ4n) is 0.870. The molecule has 0 amide bonds. The number of rotatable bonds is 1. The van der Waals surface area contributed by atoms with Gasteiger partial charge in [-0.3, -0.25) is 0 Å². The van der Waals surface area contributed by atoms with Gasteiger partial charge in [-0.2, -0.15) is 0 Å². The zero-order chi connectivity index (χ0) is 7.56. The molecule has 1 aliphatic carbocycles. The van der Waals surface area contributed by atoms with Crippen LogP contribution >= 0.6 is 23.2 Å².